The fourth-order valence-electron chi connectivity index (χ4n) is 2.65. The van der Waals surface area contributed by atoms with E-state index in [0.29, 0.717) is 44.2 Å². The van der Waals surface area contributed by atoms with E-state index in [2.05, 4.69) is 12.2 Å². The Bertz CT molecular complexity index is 636. The highest BCUT2D eigenvalue weighted by Gasteiger charge is 2.28. The highest BCUT2D eigenvalue weighted by Crippen LogP contribution is 2.18. The van der Waals surface area contributed by atoms with Gasteiger partial charge in [-0.15, -0.1) is 0 Å². The molecule has 1 aliphatic heterocycles. The number of sulfonamides is 1. The highest BCUT2D eigenvalue weighted by atomic mass is 32.2. The second kappa shape index (κ2) is 8.60. The van der Waals surface area contributed by atoms with Gasteiger partial charge < -0.3 is 5.32 Å². The molecule has 0 saturated carbocycles. The van der Waals surface area contributed by atoms with Gasteiger partial charge in [0, 0.05) is 32.7 Å². The van der Waals surface area contributed by atoms with E-state index in [1.54, 1.807) is 12.1 Å². The third-order valence-electron chi connectivity index (χ3n) is 4.21. The van der Waals surface area contributed by atoms with Gasteiger partial charge in [-0.1, -0.05) is 31.0 Å². The first-order valence-corrected chi connectivity index (χ1v) is 9.93. The lowest BCUT2D eigenvalue weighted by Crippen LogP contribution is -2.51. The number of carbonyl (C=O) groups excluding carboxylic acids is 1. The second-order valence-electron chi connectivity index (χ2n) is 6.20. The van der Waals surface area contributed by atoms with Crippen LogP contribution in [0.1, 0.15) is 25.3 Å². The van der Waals surface area contributed by atoms with Crippen LogP contribution in [-0.4, -0.2) is 62.8 Å². The SMILES string of the molecule is CCCCNC(=O)CN1CCN(S(=O)(=O)c2ccc(C)cc2)CC1. The molecule has 0 unspecified atom stereocenters. The lowest BCUT2D eigenvalue weighted by Gasteiger charge is -2.33. The average Bonchev–Trinajstić information content (AvgIpc) is 2.56. The highest BCUT2D eigenvalue weighted by molar-refractivity contribution is 7.89. The van der Waals surface area contributed by atoms with Crippen molar-refractivity contribution in [2.45, 2.75) is 31.6 Å². The maximum atomic E-state index is 12.6. The molecule has 1 aliphatic rings. The summed E-state index contributed by atoms with van der Waals surface area (Å²) in [6.45, 7) is 7.04. The molecule has 0 spiro atoms. The van der Waals surface area contributed by atoms with Crippen molar-refractivity contribution in [2.75, 3.05) is 39.3 Å². The number of hydrogen-bond donors (Lipinski definition) is 1. The molecule has 1 aromatic carbocycles. The quantitative estimate of drug-likeness (QED) is 0.748. The summed E-state index contributed by atoms with van der Waals surface area (Å²) in [5, 5.41) is 2.89. The van der Waals surface area contributed by atoms with Crippen LogP contribution >= 0.6 is 0 Å². The van der Waals surface area contributed by atoms with Crippen molar-refractivity contribution in [3.63, 3.8) is 0 Å². The molecule has 1 N–H and O–H groups in total. The van der Waals surface area contributed by atoms with Gasteiger partial charge >= 0.3 is 0 Å². The van der Waals surface area contributed by atoms with E-state index in [9.17, 15) is 13.2 Å². The molecule has 24 heavy (non-hydrogen) atoms. The van der Waals surface area contributed by atoms with Crippen molar-refractivity contribution in [2.24, 2.45) is 0 Å². The molecule has 0 aromatic heterocycles. The van der Waals surface area contributed by atoms with Gasteiger partial charge in [0.2, 0.25) is 15.9 Å². The van der Waals surface area contributed by atoms with Crippen LogP contribution in [0.4, 0.5) is 0 Å². The minimum Gasteiger partial charge on any atom is -0.355 e. The van der Waals surface area contributed by atoms with Crippen LogP contribution in [0.5, 0.6) is 0 Å². The van der Waals surface area contributed by atoms with Gasteiger partial charge in [0.1, 0.15) is 0 Å². The third kappa shape index (κ3) is 5.03. The molecular weight excluding hydrogens is 326 g/mol. The smallest absolute Gasteiger partial charge is 0.243 e. The molecular formula is C17H27N3O3S. The maximum absolute atomic E-state index is 12.6. The number of carbonyl (C=O) groups is 1. The number of aryl methyl sites for hydroxylation is 1. The molecule has 0 aliphatic carbocycles. The van der Waals surface area contributed by atoms with Crippen molar-refractivity contribution in [1.82, 2.24) is 14.5 Å². The number of hydrogen-bond acceptors (Lipinski definition) is 4. The molecule has 1 aromatic rings. The van der Waals surface area contributed by atoms with Crippen LogP contribution < -0.4 is 5.32 Å². The normalized spacial score (nSPS) is 16.9. The summed E-state index contributed by atoms with van der Waals surface area (Å²) >= 11 is 0. The van der Waals surface area contributed by atoms with Gasteiger partial charge in [0.25, 0.3) is 0 Å². The zero-order chi connectivity index (χ0) is 17.6. The number of nitrogens with zero attached hydrogens (tertiary/aromatic N) is 2. The fraction of sp³-hybridized carbons (Fsp3) is 0.588. The molecule has 1 saturated heterocycles. The molecule has 1 fully saturated rings. The van der Waals surface area contributed by atoms with Crippen molar-refractivity contribution in [1.29, 1.82) is 0 Å². The molecule has 6 nitrogen and oxygen atoms in total. The first kappa shape index (κ1) is 18.9. The van der Waals surface area contributed by atoms with Crippen LogP contribution in [0.2, 0.25) is 0 Å². The van der Waals surface area contributed by atoms with Crippen LogP contribution in [0.15, 0.2) is 29.2 Å². The molecule has 7 heteroatoms. The summed E-state index contributed by atoms with van der Waals surface area (Å²) in [7, 11) is -3.44. The largest absolute Gasteiger partial charge is 0.355 e. The molecule has 134 valence electrons. The predicted octanol–water partition coefficient (Wildman–Crippen LogP) is 1.22. The van der Waals surface area contributed by atoms with Gasteiger partial charge in [-0.3, -0.25) is 9.69 Å². The molecule has 1 amide bonds. The van der Waals surface area contributed by atoms with Crippen molar-refractivity contribution < 1.29 is 13.2 Å². The maximum Gasteiger partial charge on any atom is 0.243 e. The zero-order valence-electron chi connectivity index (χ0n) is 14.5. The Balaban J connectivity index is 1.85. The second-order valence-corrected chi connectivity index (χ2v) is 8.13. The number of piperazine rings is 1. The minimum absolute atomic E-state index is 0.0123. The van der Waals surface area contributed by atoms with Gasteiger partial charge in [-0.2, -0.15) is 4.31 Å². The Hall–Kier alpha value is -1.44. The van der Waals surface area contributed by atoms with E-state index >= 15 is 0 Å². The molecule has 0 atom stereocenters. The van der Waals surface area contributed by atoms with Crippen LogP contribution in [0.3, 0.4) is 0 Å². The van der Waals surface area contributed by atoms with Crippen LogP contribution in [0.25, 0.3) is 0 Å². The summed E-state index contributed by atoms with van der Waals surface area (Å²) < 4.78 is 26.8. The number of benzene rings is 1. The van der Waals surface area contributed by atoms with E-state index in [-0.39, 0.29) is 5.91 Å². The van der Waals surface area contributed by atoms with Gasteiger partial charge in [-0.05, 0) is 25.5 Å². The summed E-state index contributed by atoms with van der Waals surface area (Å²) in [6, 6.07) is 6.92. The molecule has 2 rings (SSSR count). The Morgan fingerprint density at radius 2 is 1.75 bits per heavy atom. The van der Waals surface area contributed by atoms with Gasteiger partial charge in [0.05, 0.1) is 11.4 Å². The number of unbranched alkanes of at least 4 members (excludes halogenated alkanes) is 1. The van der Waals surface area contributed by atoms with Crippen LogP contribution in [0, 0.1) is 6.92 Å². The first-order chi connectivity index (χ1) is 11.4. The topological polar surface area (TPSA) is 69.7 Å². The Morgan fingerprint density at radius 3 is 2.33 bits per heavy atom. The summed E-state index contributed by atoms with van der Waals surface area (Å²) in [4.78, 5) is 14.2. The predicted molar refractivity (Wildman–Crippen MR) is 94.3 cm³/mol. The van der Waals surface area contributed by atoms with Crippen molar-refractivity contribution in [3.05, 3.63) is 29.8 Å². The average molecular weight is 353 g/mol. The summed E-state index contributed by atoms with van der Waals surface area (Å²) in [5.41, 5.74) is 1.04. The first-order valence-electron chi connectivity index (χ1n) is 8.49. The lowest BCUT2D eigenvalue weighted by atomic mass is 10.2. The number of amides is 1. The van der Waals surface area contributed by atoms with Crippen molar-refractivity contribution >= 4 is 15.9 Å². The van der Waals surface area contributed by atoms with E-state index in [1.165, 1.54) is 4.31 Å². The van der Waals surface area contributed by atoms with Crippen molar-refractivity contribution in [3.8, 4) is 0 Å². The van der Waals surface area contributed by atoms with E-state index in [1.807, 2.05) is 24.0 Å². The van der Waals surface area contributed by atoms with E-state index in [4.69, 9.17) is 0 Å². The van der Waals surface area contributed by atoms with E-state index in [0.717, 1.165) is 18.4 Å². The van der Waals surface area contributed by atoms with Gasteiger partial charge in [-0.25, -0.2) is 8.42 Å². The Kier molecular flexibility index (Phi) is 6.77. The number of nitrogens with one attached hydrogen (secondary N) is 1. The zero-order valence-corrected chi connectivity index (χ0v) is 15.3. The minimum atomic E-state index is -3.44. The Labute approximate surface area is 144 Å². The van der Waals surface area contributed by atoms with Gasteiger partial charge in [0.15, 0.2) is 0 Å². The lowest BCUT2D eigenvalue weighted by molar-refractivity contribution is -0.122. The standard InChI is InChI=1S/C17H27N3O3S/c1-3-4-9-18-17(21)14-19-10-12-20(13-11-19)24(22,23)16-7-5-15(2)6-8-16/h5-8H,3-4,9-14H2,1-2H3,(H,18,21). The Morgan fingerprint density at radius 1 is 1.12 bits per heavy atom. The molecule has 0 radical (unpaired) electrons. The fourth-order valence-corrected chi connectivity index (χ4v) is 4.07. The molecule has 1 heterocycles. The summed E-state index contributed by atoms with van der Waals surface area (Å²) in [5.74, 6) is 0.0123. The third-order valence-corrected chi connectivity index (χ3v) is 6.12. The van der Waals surface area contributed by atoms with E-state index < -0.39 is 10.0 Å². The summed E-state index contributed by atoms with van der Waals surface area (Å²) in [6.07, 6.45) is 2.03. The van der Waals surface area contributed by atoms with Crippen LogP contribution in [-0.2, 0) is 14.8 Å². The molecule has 0 bridgehead atoms. The monoisotopic (exact) mass is 353 g/mol. The number of rotatable bonds is 7.